The Kier molecular flexibility index (Phi) is 12.1. The number of allylic oxidation sites excluding steroid dienone is 1. The number of Topliss-reactive ketones (excluding diaryl/α,β-unsaturated/α-hetero) is 2. The van der Waals surface area contributed by atoms with E-state index in [4.69, 9.17) is 18.4 Å². The lowest BCUT2D eigenvalue weighted by molar-refractivity contribution is -0.0480. The van der Waals surface area contributed by atoms with Gasteiger partial charge in [-0.2, -0.15) is 0 Å². The van der Waals surface area contributed by atoms with E-state index >= 15 is 9.59 Å². The van der Waals surface area contributed by atoms with Crippen LogP contribution in [0.2, 0.25) is 18.1 Å². The van der Waals surface area contributed by atoms with E-state index in [0.29, 0.717) is 42.5 Å². The van der Waals surface area contributed by atoms with Gasteiger partial charge in [-0.15, -0.1) is 0 Å². The molecule has 1 aromatic heterocycles. The molecule has 0 radical (unpaired) electrons. The fourth-order valence-corrected chi connectivity index (χ4v) is 11.6. The van der Waals surface area contributed by atoms with Gasteiger partial charge >= 0.3 is 0 Å². The fourth-order valence-electron chi connectivity index (χ4n) is 10.2. The Balaban J connectivity index is 1.32. The van der Waals surface area contributed by atoms with Crippen molar-refractivity contribution < 1.29 is 33.1 Å². The SMILES string of the molecule is CN(C)c1c(CN(CC(C)(C)C)C2CC2)cc(OCc2ccccc2)c2c1C[C@H]1C[C@H]3[C@H](N(C)C)c4onc(OCc5ccccc5)c4C(=O)C3(O[Si](C)(C)C(C)(C)C)C(O)=C1C2=O. The summed E-state index contributed by atoms with van der Waals surface area (Å²) in [6.45, 7) is 19.4. The zero-order chi connectivity index (χ0) is 46.1. The summed E-state index contributed by atoms with van der Waals surface area (Å²) in [5.41, 5.74) is 3.84. The molecule has 0 spiro atoms. The lowest BCUT2D eigenvalue weighted by Gasteiger charge is -2.55. The molecule has 1 N–H and O–H groups in total. The average molecular weight is 889 g/mol. The number of hydrogen-bond acceptors (Lipinski definition) is 11. The topological polar surface area (TPSA) is 118 Å². The van der Waals surface area contributed by atoms with Gasteiger partial charge in [0.25, 0.3) is 5.88 Å². The number of carbonyl (C=O) groups excluding carboxylic acids is 2. The Morgan fingerprint density at radius 2 is 1.48 bits per heavy atom. The number of benzene rings is 3. The van der Waals surface area contributed by atoms with Crippen LogP contribution in [0.15, 0.2) is 82.6 Å². The van der Waals surface area contributed by atoms with Crippen molar-refractivity contribution in [2.75, 3.05) is 39.6 Å². The molecular weight excluding hydrogens is 821 g/mol. The summed E-state index contributed by atoms with van der Waals surface area (Å²) in [6.07, 6.45) is 3.18. The van der Waals surface area contributed by atoms with Crippen molar-refractivity contribution in [2.24, 2.45) is 17.3 Å². The molecule has 12 heteroatoms. The number of aliphatic hydroxyl groups is 1. The first-order valence-corrected chi connectivity index (χ1v) is 25.9. The monoisotopic (exact) mass is 888 g/mol. The standard InChI is InChI=1S/C52H68N4O7Si/c1-50(2,3)31-56(36-23-24-36)28-35-27-39(60-29-32-19-15-13-16-20-32)41-37(43(35)54(7)8)25-34-26-38-44(55(9)10)46-42(49(53-62-46)61-30-33-21-17-14-18-22-33)48(59)52(38,47(58)40(34)45(41)57)63-64(11,12)51(4,5)6/h13-22,27,34,36,38,44,58H,23-26,28-31H2,1-12H3/t34-,38-,44-,52?/m0/s1. The predicted molar refractivity (Wildman–Crippen MR) is 253 cm³/mol. The van der Waals surface area contributed by atoms with E-state index in [-0.39, 0.29) is 52.2 Å². The Hall–Kier alpha value is -4.75. The third-order valence-corrected chi connectivity index (χ3v) is 18.6. The highest BCUT2D eigenvalue weighted by Crippen LogP contribution is 2.60. The molecule has 4 atom stereocenters. The van der Waals surface area contributed by atoms with Crippen LogP contribution in [0, 0.1) is 17.3 Å². The summed E-state index contributed by atoms with van der Waals surface area (Å²) in [6, 6.07) is 21.7. The summed E-state index contributed by atoms with van der Waals surface area (Å²) in [7, 11) is 5.09. The molecule has 4 aromatic rings. The van der Waals surface area contributed by atoms with Crippen molar-refractivity contribution in [1.29, 1.82) is 0 Å². The highest BCUT2D eigenvalue weighted by atomic mass is 28.4. The number of aliphatic hydroxyl groups excluding tert-OH is 1. The minimum Gasteiger partial charge on any atom is -0.508 e. The average Bonchev–Trinajstić information content (AvgIpc) is 3.99. The smallest absolute Gasteiger partial charge is 0.265 e. The maximum absolute atomic E-state index is 15.8. The number of hydrogen-bond donors (Lipinski definition) is 1. The van der Waals surface area contributed by atoms with Crippen LogP contribution in [0.1, 0.15) is 116 Å². The van der Waals surface area contributed by atoms with Crippen molar-refractivity contribution in [3.63, 3.8) is 0 Å². The van der Waals surface area contributed by atoms with Gasteiger partial charge < -0.3 is 28.4 Å². The number of ketones is 2. The van der Waals surface area contributed by atoms with Gasteiger partial charge in [0, 0.05) is 50.4 Å². The molecule has 0 amide bonds. The Labute approximate surface area is 380 Å². The van der Waals surface area contributed by atoms with Crippen molar-refractivity contribution >= 4 is 25.6 Å². The molecule has 0 saturated heterocycles. The van der Waals surface area contributed by atoms with Crippen LogP contribution in [0.25, 0.3) is 0 Å². The lowest BCUT2D eigenvalue weighted by atomic mass is 9.58. The number of nitrogens with zero attached hydrogens (tertiary/aromatic N) is 4. The van der Waals surface area contributed by atoms with E-state index in [0.717, 1.165) is 34.5 Å². The van der Waals surface area contributed by atoms with Crippen LogP contribution < -0.4 is 14.4 Å². The summed E-state index contributed by atoms with van der Waals surface area (Å²) in [4.78, 5) is 38.3. The van der Waals surface area contributed by atoms with E-state index in [1.54, 1.807) is 0 Å². The number of rotatable bonds is 14. The third kappa shape index (κ3) is 8.35. The lowest BCUT2D eigenvalue weighted by Crippen LogP contribution is -2.65. The van der Waals surface area contributed by atoms with Crippen LogP contribution in [0.4, 0.5) is 5.69 Å². The number of fused-ring (bicyclic) bond motifs is 4. The molecule has 1 unspecified atom stereocenters. The normalized spacial score (nSPS) is 22.3. The van der Waals surface area contributed by atoms with Crippen molar-refractivity contribution in [3.05, 3.63) is 117 Å². The first-order valence-electron chi connectivity index (χ1n) is 23.0. The molecule has 8 rings (SSSR count). The number of carbonyl (C=O) groups is 2. The van der Waals surface area contributed by atoms with E-state index in [1.807, 2.05) is 93.8 Å². The van der Waals surface area contributed by atoms with Gasteiger partial charge in [-0.05, 0) is 103 Å². The van der Waals surface area contributed by atoms with E-state index in [9.17, 15) is 5.11 Å². The minimum absolute atomic E-state index is 0.0408. The molecule has 3 aromatic carbocycles. The molecule has 1 heterocycles. The maximum Gasteiger partial charge on any atom is 0.265 e. The largest absolute Gasteiger partial charge is 0.508 e. The molecule has 0 bridgehead atoms. The van der Waals surface area contributed by atoms with Gasteiger partial charge in [-0.3, -0.25) is 19.4 Å². The molecule has 4 aliphatic carbocycles. The molecule has 342 valence electrons. The predicted octanol–water partition coefficient (Wildman–Crippen LogP) is 10.4. The van der Waals surface area contributed by atoms with Crippen LogP contribution in [-0.4, -0.2) is 86.3 Å². The quantitative estimate of drug-likeness (QED) is 0.122. The molecule has 11 nitrogen and oxygen atoms in total. The maximum atomic E-state index is 15.8. The summed E-state index contributed by atoms with van der Waals surface area (Å²) in [5.74, 6) is -1.31. The Morgan fingerprint density at radius 3 is 2.03 bits per heavy atom. The van der Waals surface area contributed by atoms with E-state index in [1.165, 1.54) is 12.8 Å². The highest BCUT2D eigenvalue weighted by molar-refractivity contribution is 6.74. The summed E-state index contributed by atoms with van der Waals surface area (Å²) < 4.78 is 26.6. The Bertz CT molecular complexity index is 2430. The minimum atomic E-state index is -2.90. The molecule has 0 aliphatic heterocycles. The zero-order valence-electron chi connectivity index (χ0n) is 40.0. The second kappa shape index (κ2) is 16.9. The van der Waals surface area contributed by atoms with E-state index in [2.05, 4.69) is 75.7 Å². The number of aromatic nitrogens is 1. The fraction of sp³-hybridized carbons (Fsp3) is 0.519. The van der Waals surface area contributed by atoms with Crippen molar-refractivity contribution in [1.82, 2.24) is 15.0 Å². The second-order valence-corrected chi connectivity index (χ2v) is 26.5. The molecule has 64 heavy (non-hydrogen) atoms. The van der Waals surface area contributed by atoms with Crippen LogP contribution in [-0.2, 0) is 30.6 Å². The first kappa shape index (κ1) is 45.8. The van der Waals surface area contributed by atoms with Gasteiger partial charge in [-0.1, -0.05) is 102 Å². The van der Waals surface area contributed by atoms with Gasteiger partial charge in [0.15, 0.2) is 25.5 Å². The molecule has 4 aliphatic rings. The number of anilines is 1. The number of ether oxygens (including phenoxy) is 2. The summed E-state index contributed by atoms with van der Waals surface area (Å²) in [5, 5.41) is 17.3. The molecule has 1 fully saturated rings. The summed E-state index contributed by atoms with van der Waals surface area (Å²) >= 11 is 0. The van der Waals surface area contributed by atoms with Gasteiger partial charge in [-0.25, -0.2) is 0 Å². The third-order valence-electron chi connectivity index (χ3n) is 14.1. The van der Waals surface area contributed by atoms with Crippen molar-refractivity contribution in [3.8, 4) is 11.6 Å². The van der Waals surface area contributed by atoms with Crippen molar-refractivity contribution in [2.45, 2.75) is 123 Å². The highest BCUT2D eigenvalue weighted by Gasteiger charge is 2.67. The van der Waals surface area contributed by atoms with E-state index < -0.39 is 37.6 Å². The van der Waals surface area contributed by atoms with Gasteiger partial charge in [0.2, 0.25) is 5.78 Å². The zero-order valence-corrected chi connectivity index (χ0v) is 41.0. The molecular formula is C52H68N4O7Si. The van der Waals surface area contributed by atoms with Gasteiger partial charge in [0.05, 0.1) is 11.6 Å². The molecule has 1 saturated carbocycles. The van der Waals surface area contributed by atoms with Crippen LogP contribution in [0.5, 0.6) is 11.6 Å². The van der Waals surface area contributed by atoms with Crippen LogP contribution in [0.3, 0.4) is 0 Å². The van der Waals surface area contributed by atoms with Gasteiger partial charge in [0.1, 0.15) is 30.3 Å². The van der Waals surface area contributed by atoms with Crippen LogP contribution >= 0.6 is 0 Å². The first-order chi connectivity index (χ1) is 30.1. The Morgan fingerprint density at radius 1 is 0.875 bits per heavy atom. The second-order valence-electron chi connectivity index (χ2n) is 21.8.